The van der Waals surface area contributed by atoms with Gasteiger partial charge in [-0.1, -0.05) is 17.3 Å². The van der Waals surface area contributed by atoms with Crippen LogP contribution >= 0.6 is 11.8 Å². The highest BCUT2D eigenvalue weighted by Gasteiger charge is 2.09. The van der Waals surface area contributed by atoms with Gasteiger partial charge in [-0.3, -0.25) is 4.79 Å². The van der Waals surface area contributed by atoms with E-state index in [2.05, 4.69) is 25.8 Å². The smallest absolute Gasteiger partial charge is 0.246 e. The average molecular weight is 365 g/mol. The third-order valence-corrected chi connectivity index (χ3v) is 4.79. The summed E-state index contributed by atoms with van der Waals surface area (Å²) in [6.07, 6.45) is 1.66. The number of rotatable bonds is 5. The Kier molecular flexibility index (Phi) is 4.36. The van der Waals surface area contributed by atoms with Gasteiger partial charge in [-0.15, -0.1) is 15.3 Å². The summed E-state index contributed by atoms with van der Waals surface area (Å²) in [5, 5.41) is 19.6. The zero-order valence-corrected chi connectivity index (χ0v) is 14.7. The Morgan fingerprint density at radius 1 is 1.12 bits per heavy atom. The first-order valence-electron chi connectivity index (χ1n) is 7.89. The number of carbonyl (C=O) groups excluding carboxylic acids is 1. The van der Waals surface area contributed by atoms with Crippen molar-refractivity contribution in [2.45, 2.75) is 16.6 Å². The molecule has 130 valence electrons. The minimum atomic E-state index is -0.158. The van der Waals surface area contributed by atoms with Crippen molar-refractivity contribution in [2.24, 2.45) is 7.05 Å². The first-order chi connectivity index (χ1) is 12.7. The van der Waals surface area contributed by atoms with Crippen LogP contribution in [0.15, 0.2) is 64.9 Å². The molecule has 0 atom stereocenters. The summed E-state index contributed by atoms with van der Waals surface area (Å²) in [6.45, 7) is 0.107. The second kappa shape index (κ2) is 6.96. The lowest BCUT2D eigenvalue weighted by molar-refractivity contribution is -0.116. The van der Waals surface area contributed by atoms with Crippen molar-refractivity contribution in [3.8, 4) is 0 Å². The van der Waals surface area contributed by atoms with Crippen LogP contribution in [-0.2, 0) is 18.4 Å². The highest BCUT2D eigenvalue weighted by molar-refractivity contribution is 7.99. The molecule has 0 saturated heterocycles. The summed E-state index contributed by atoms with van der Waals surface area (Å²) in [5.41, 5.74) is 2.32. The minimum Gasteiger partial charge on any atom is -0.324 e. The zero-order chi connectivity index (χ0) is 17.9. The van der Waals surface area contributed by atoms with E-state index >= 15 is 0 Å². The van der Waals surface area contributed by atoms with Crippen molar-refractivity contribution >= 4 is 34.4 Å². The molecule has 1 amide bonds. The lowest BCUT2D eigenvalue weighted by Crippen LogP contribution is -2.19. The van der Waals surface area contributed by atoms with E-state index in [9.17, 15) is 4.79 Å². The minimum absolute atomic E-state index is 0.107. The van der Waals surface area contributed by atoms with E-state index < -0.39 is 0 Å². The summed E-state index contributed by atoms with van der Waals surface area (Å²) in [6, 6.07) is 15.1. The van der Waals surface area contributed by atoms with E-state index in [1.807, 2.05) is 60.1 Å². The number of aryl methyl sites for hydroxylation is 1. The first kappa shape index (κ1) is 16.3. The third-order valence-electron chi connectivity index (χ3n) is 3.73. The predicted octanol–water partition coefficient (Wildman–Crippen LogP) is 2.35. The largest absolute Gasteiger partial charge is 0.324 e. The van der Waals surface area contributed by atoms with Gasteiger partial charge in [0.15, 0.2) is 5.16 Å². The van der Waals surface area contributed by atoms with Gasteiger partial charge >= 0.3 is 0 Å². The van der Waals surface area contributed by atoms with Gasteiger partial charge in [-0.25, -0.2) is 4.68 Å². The second-order valence-corrected chi connectivity index (χ2v) is 6.68. The van der Waals surface area contributed by atoms with Crippen LogP contribution in [0.25, 0.3) is 11.0 Å². The lowest BCUT2D eigenvalue weighted by Gasteiger charge is -2.07. The number of amides is 1. The predicted molar refractivity (Wildman–Crippen MR) is 97.7 cm³/mol. The molecule has 8 nitrogen and oxygen atoms in total. The topological polar surface area (TPSA) is 90.5 Å². The number of nitrogens with one attached hydrogen (secondary N) is 1. The van der Waals surface area contributed by atoms with Crippen LogP contribution in [0, 0.1) is 0 Å². The van der Waals surface area contributed by atoms with Gasteiger partial charge in [0.25, 0.3) is 0 Å². The normalized spacial score (nSPS) is 11.0. The third kappa shape index (κ3) is 3.42. The fraction of sp³-hybridized carbons (Fsp3) is 0.118. The number of para-hydroxylation sites is 1. The molecular formula is C17H15N7OS. The molecule has 0 bridgehead atoms. The van der Waals surface area contributed by atoms with Crippen molar-refractivity contribution in [2.75, 3.05) is 5.32 Å². The van der Waals surface area contributed by atoms with Gasteiger partial charge in [-0.05, 0) is 48.2 Å². The summed E-state index contributed by atoms with van der Waals surface area (Å²) >= 11 is 1.51. The summed E-state index contributed by atoms with van der Waals surface area (Å²) in [7, 11) is 1.89. The van der Waals surface area contributed by atoms with E-state index in [0.717, 1.165) is 26.8 Å². The molecule has 0 aliphatic heterocycles. The Morgan fingerprint density at radius 3 is 2.69 bits per heavy atom. The van der Waals surface area contributed by atoms with Crippen LogP contribution in [0.3, 0.4) is 0 Å². The summed E-state index contributed by atoms with van der Waals surface area (Å²) in [5.74, 6) is -0.158. The van der Waals surface area contributed by atoms with E-state index in [1.165, 1.54) is 11.8 Å². The van der Waals surface area contributed by atoms with Crippen molar-refractivity contribution in [3.05, 3.63) is 54.9 Å². The van der Waals surface area contributed by atoms with Gasteiger partial charge < -0.3 is 9.88 Å². The molecule has 2 heterocycles. The molecule has 1 N–H and O–H groups in total. The van der Waals surface area contributed by atoms with E-state index in [-0.39, 0.29) is 12.5 Å². The van der Waals surface area contributed by atoms with Gasteiger partial charge in [0.2, 0.25) is 5.91 Å². The van der Waals surface area contributed by atoms with Crippen LogP contribution in [0.4, 0.5) is 5.69 Å². The monoisotopic (exact) mass is 365 g/mol. The number of carbonyl (C=O) groups is 1. The fourth-order valence-corrected chi connectivity index (χ4v) is 3.21. The van der Waals surface area contributed by atoms with Crippen LogP contribution in [0.5, 0.6) is 0 Å². The van der Waals surface area contributed by atoms with Crippen LogP contribution in [0.1, 0.15) is 0 Å². The molecule has 4 aromatic rings. The molecule has 2 aromatic heterocycles. The molecule has 0 aliphatic rings. The highest BCUT2D eigenvalue weighted by atomic mass is 32.2. The molecule has 0 saturated carbocycles. The Labute approximate surface area is 153 Å². The van der Waals surface area contributed by atoms with Crippen molar-refractivity contribution in [3.63, 3.8) is 0 Å². The Morgan fingerprint density at radius 2 is 1.92 bits per heavy atom. The Hall–Kier alpha value is -3.20. The number of benzene rings is 2. The number of hydrogen-bond donors (Lipinski definition) is 1. The van der Waals surface area contributed by atoms with Crippen molar-refractivity contribution in [1.29, 1.82) is 0 Å². The van der Waals surface area contributed by atoms with Crippen molar-refractivity contribution in [1.82, 2.24) is 29.8 Å². The maximum Gasteiger partial charge on any atom is 0.246 e. The molecule has 9 heteroatoms. The number of hydrogen-bond acceptors (Lipinski definition) is 6. The van der Waals surface area contributed by atoms with Gasteiger partial charge in [0, 0.05) is 17.6 Å². The molecule has 0 spiro atoms. The van der Waals surface area contributed by atoms with Gasteiger partial charge in [0.05, 0.1) is 5.52 Å². The highest BCUT2D eigenvalue weighted by Crippen LogP contribution is 2.26. The molecule has 26 heavy (non-hydrogen) atoms. The first-order valence-corrected chi connectivity index (χ1v) is 8.71. The van der Waals surface area contributed by atoms with E-state index in [4.69, 9.17) is 0 Å². The molecule has 0 fully saturated rings. The average Bonchev–Trinajstić information content (AvgIpc) is 3.23. The second-order valence-electron chi connectivity index (χ2n) is 5.63. The van der Waals surface area contributed by atoms with Gasteiger partial charge in [0.1, 0.15) is 18.4 Å². The van der Waals surface area contributed by atoms with Gasteiger partial charge in [-0.2, -0.15) is 0 Å². The summed E-state index contributed by atoms with van der Waals surface area (Å²) in [4.78, 5) is 13.3. The number of aromatic nitrogens is 6. The molecule has 4 rings (SSSR count). The molecular weight excluding hydrogens is 350 g/mol. The fourth-order valence-electron chi connectivity index (χ4n) is 2.45. The summed E-state index contributed by atoms with van der Waals surface area (Å²) < 4.78 is 3.44. The van der Waals surface area contributed by atoms with E-state index in [1.54, 1.807) is 11.0 Å². The molecule has 0 aliphatic carbocycles. The molecule has 0 radical (unpaired) electrons. The lowest BCUT2D eigenvalue weighted by atomic mass is 10.3. The number of fused-ring (bicyclic) bond motifs is 1. The number of anilines is 1. The molecule has 2 aromatic carbocycles. The number of nitrogens with zero attached hydrogens (tertiary/aromatic N) is 6. The Bertz CT molecular complexity index is 1050. The maximum atomic E-state index is 12.3. The quantitative estimate of drug-likeness (QED) is 0.584. The SMILES string of the molecule is Cn1cnnc1Sc1ccc(NC(=O)Cn2nnc3ccccc32)cc1. The Balaban J connectivity index is 1.40. The van der Waals surface area contributed by atoms with Crippen LogP contribution in [-0.4, -0.2) is 35.7 Å². The molecule has 0 unspecified atom stereocenters. The van der Waals surface area contributed by atoms with Crippen molar-refractivity contribution < 1.29 is 4.79 Å². The maximum absolute atomic E-state index is 12.3. The van der Waals surface area contributed by atoms with Crippen LogP contribution in [0.2, 0.25) is 0 Å². The standard InChI is InChI=1S/C17H15N7OS/c1-23-11-18-21-17(23)26-13-8-6-12(7-9-13)19-16(25)10-24-15-5-3-2-4-14(15)20-22-24/h2-9,11H,10H2,1H3,(H,19,25). The van der Waals surface area contributed by atoms with Crippen LogP contribution < -0.4 is 5.32 Å². The van der Waals surface area contributed by atoms with E-state index in [0.29, 0.717) is 0 Å². The zero-order valence-electron chi connectivity index (χ0n) is 13.9.